The molecule has 1 N–H and O–H groups in total. The molecule has 172 valence electrons. The molecule has 6 nitrogen and oxygen atoms in total. The lowest BCUT2D eigenvalue weighted by Crippen LogP contribution is -2.28. The van der Waals surface area contributed by atoms with Crippen molar-refractivity contribution in [2.75, 3.05) is 13.2 Å². The number of rotatable bonds is 9. The Balaban J connectivity index is 1.45. The van der Waals surface area contributed by atoms with Crippen LogP contribution < -0.4 is 14.3 Å². The van der Waals surface area contributed by atoms with Crippen molar-refractivity contribution in [2.24, 2.45) is 0 Å². The molecule has 1 heterocycles. The van der Waals surface area contributed by atoms with Crippen LogP contribution in [0.1, 0.15) is 30.9 Å². The monoisotopic (exact) mass is 482 g/mol. The largest absolute Gasteiger partial charge is 0.492 e. The van der Waals surface area contributed by atoms with Crippen molar-refractivity contribution in [3.05, 3.63) is 93.6 Å². The number of benzene rings is 3. The molecule has 0 unspecified atom stereocenters. The molecule has 0 aliphatic rings. The summed E-state index contributed by atoms with van der Waals surface area (Å²) in [5.41, 5.74) is 2.82. The van der Waals surface area contributed by atoms with Gasteiger partial charge in [0.25, 0.3) is 0 Å². The quantitative estimate of drug-likeness (QED) is 0.354. The predicted molar refractivity (Wildman–Crippen MR) is 133 cm³/mol. The molecule has 1 aromatic heterocycles. The normalized spacial score (nSPS) is 11.8. The highest BCUT2D eigenvalue weighted by atomic mass is 32.2. The van der Waals surface area contributed by atoms with Gasteiger partial charge in [-0.1, -0.05) is 73.7 Å². The standard InChI is InChI=1S/C25H26N2O4S2/c1-18(2)21-10-6-7-11-23(21)31-15-14-26-33(29,30)20-12-13-22-24(16-20)32-25(28)27(22)17-19-8-4-3-5-9-19/h3-13,16,18,26H,14-15,17H2,1-2H3. The van der Waals surface area contributed by atoms with Crippen LogP contribution in [0.2, 0.25) is 0 Å². The molecule has 0 bridgehead atoms. The first-order valence-electron chi connectivity index (χ1n) is 10.7. The Morgan fingerprint density at radius 1 is 1.00 bits per heavy atom. The first kappa shape index (κ1) is 23.2. The number of hydrogen-bond acceptors (Lipinski definition) is 5. The minimum atomic E-state index is -3.73. The summed E-state index contributed by atoms with van der Waals surface area (Å²) in [5.74, 6) is 1.07. The van der Waals surface area contributed by atoms with Gasteiger partial charge in [-0.2, -0.15) is 0 Å². The van der Waals surface area contributed by atoms with Gasteiger partial charge in [-0.15, -0.1) is 0 Å². The summed E-state index contributed by atoms with van der Waals surface area (Å²) in [6.07, 6.45) is 0. The number of nitrogens with one attached hydrogen (secondary N) is 1. The number of ether oxygens (including phenoxy) is 1. The summed E-state index contributed by atoms with van der Waals surface area (Å²) in [5, 5.41) is 0. The molecular weight excluding hydrogens is 456 g/mol. The first-order chi connectivity index (χ1) is 15.8. The van der Waals surface area contributed by atoms with Gasteiger partial charge in [-0.05, 0) is 41.3 Å². The highest BCUT2D eigenvalue weighted by Gasteiger charge is 2.17. The number of fused-ring (bicyclic) bond motifs is 1. The topological polar surface area (TPSA) is 77.4 Å². The molecule has 33 heavy (non-hydrogen) atoms. The van der Waals surface area contributed by atoms with Gasteiger partial charge in [0.1, 0.15) is 12.4 Å². The van der Waals surface area contributed by atoms with Crippen molar-refractivity contribution in [1.82, 2.24) is 9.29 Å². The van der Waals surface area contributed by atoms with Crippen LogP contribution in [0, 0.1) is 0 Å². The molecule has 0 atom stereocenters. The van der Waals surface area contributed by atoms with Gasteiger partial charge < -0.3 is 4.74 Å². The van der Waals surface area contributed by atoms with E-state index in [0.717, 1.165) is 33.7 Å². The third-order valence-electron chi connectivity index (χ3n) is 5.33. The number of aromatic nitrogens is 1. The molecule has 0 spiro atoms. The minimum absolute atomic E-state index is 0.117. The van der Waals surface area contributed by atoms with E-state index >= 15 is 0 Å². The second-order valence-electron chi connectivity index (χ2n) is 8.01. The van der Waals surface area contributed by atoms with Crippen molar-refractivity contribution in [2.45, 2.75) is 31.2 Å². The first-order valence-corrected chi connectivity index (χ1v) is 13.0. The Morgan fingerprint density at radius 2 is 1.73 bits per heavy atom. The Bertz CT molecular complexity index is 1410. The van der Waals surface area contributed by atoms with E-state index in [1.165, 1.54) is 6.07 Å². The highest BCUT2D eigenvalue weighted by Crippen LogP contribution is 2.26. The maximum absolute atomic E-state index is 12.8. The van der Waals surface area contributed by atoms with E-state index in [-0.39, 0.29) is 22.9 Å². The Morgan fingerprint density at radius 3 is 2.48 bits per heavy atom. The number of hydrogen-bond donors (Lipinski definition) is 1. The van der Waals surface area contributed by atoms with Gasteiger partial charge >= 0.3 is 4.87 Å². The van der Waals surface area contributed by atoms with Crippen LogP contribution in [-0.4, -0.2) is 26.1 Å². The zero-order valence-electron chi connectivity index (χ0n) is 18.5. The van der Waals surface area contributed by atoms with Crippen molar-refractivity contribution < 1.29 is 13.2 Å². The van der Waals surface area contributed by atoms with Gasteiger partial charge in [-0.25, -0.2) is 13.1 Å². The lowest BCUT2D eigenvalue weighted by atomic mass is 10.0. The lowest BCUT2D eigenvalue weighted by Gasteiger charge is -2.14. The van der Waals surface area contributed by atoms with Gasteiger partial charge in [-0.3, -0.25) is 9.36 Å². The van der Waals surface area contributed by atoms with Gasteiger partial charge in [0.15, 0.2) is 0 Å². The molecule has 0 aliphatic carbocycles. The van der Waals surface area contributed by atoms with E-state index < -0.39 is 10.0 Å². The third-order valence-corrected chi connectivity index (χ3v) is 7.73. The second kappa shape index (κ2) is 9.91. The fourth-order valence-electron chi connectivity index (χ4n) is 3.64. The maximum Gasteiger partial charge on any atom is 0.308 e. The summed E-state index contributed by atoms with van der Waals surface area (Å²) >= 11 is 1.05. The fraction of sp³-hybridized carbons (Fsp3) is 0.240. The zero-order chi connectivity index (χ0) is 23.4. The van der Waals surface area contributed by atoms with Crippen LogP contribution in [0.25, 0.3) is 10.2 Å². The molecule has 0 saturated carbocycles. The van der Waals surface area contributed by atoms with E-state index in [0.29, 0.717) is 17.2 Å². The average molecular weight is 483 g/mol. The SMILES string of the molecule is CC(C)c1ccccc1OCCNS(=O)(=O)c1ccc2c(c1)sc(=O)n2Cc1ccccc1. The van der Waals surface area contributed by atoms with E-state index in [1.54, 1.807) is 16.7 Å². The van der Waals surface area contributed by atoms with Crippen LogP contribution in [0.15, 0.2) is 82.5 Å². The number of thiazole rings is 1. The second-order valence-corrected chi connectivity index (χ2v) is 10.8. The smallest absolute Gasteiger partial charge is 0.308 e. The highest BCUT2D eigenvalue weighted by molar-refractivity contribution is 7.89. The van der Waals surface area contributed by atoms with Gasteiger partial charge in [0.2, 0.25) is 10.0 Å². The van der Waals surface area contributed by atoms with Crippen LogP contribution in [0.4, 0.5) is 0 Å². The Labute approximate surface area is 197 Å². The van der Waals surface area contributed by atoms with Crippen LogP contribution in [0.5, 0.6) is 5.75 Å². The van der Waals surface area contributed by atoms with Gasteiger partial charge in [0, 0.05) is 6.54 Å². The molecule has 0 aliphatic heterocycles. The van der Waals surface area contributed by atoms with E-state index in [2.05, 4.69) is 18.6 Å². The molecule has 4 rings (SSSR count). The average Bonchev–Trinajstić information content (AvgIpc) is 3.12. The molecular formula is C25H26N2O4S2. The third kappa shape index (κ3) is 5.35. The molecule has 0 fully saturated rings. The maximum atomic E-state index is 12.8. The van der Waals surface area contributed by atoms with Crippen LogP contribution in [0.3, 0.4) is 0 Å². The number of sulfonamides is 1. The molecule has 8 heteroatoms. The zero-order valence-corrected chi connectivity index (χ0v) is 20.2. The molecule has 0 radical (unpaired) electrons. The summed E-state index contributed by atoms with van der Waals surface area (Å²) < 4.78 is 36.3. The van der Waals surface area contributed by atoms with Crippen molar-refractivity contribution in [3.8, 4) is 5.75 Å². The van der Waals surface area contributed by atoms with Gasteiger partial charge in [0.05, 0.1) is 21.7 Å². The van der Waals surface area contributed by atoms with Crippen molar-refractivity contribution in [1.29, 1.82) is 0 Å². The van der Waals surface area contributed by atoms with Crippen molar-refractivity contribution in [3.63, 3.8) is 0 Å². The van der Waals surface area contributed by atoms with E-state index in [9.17, 15) is 13.2 Å². The summed E-state index contributed by atoms with van der Waals surface area (Å²) in [6, 6.07) is 22.2. The Kier molecular flexibility index (Phi) is 6.97. The summed E-state index contributed by atoms with van der Waals surface area (Å²) in [4.78, 5) is 12.5. The van der Waals surface area contributed by atoms with E-state index in [1.807, 2.05) is 54.6 Å². The van der Waals surface area contributed by atoms with Crippen LogP contribution in [-0.2, 0) is 16.6 Å². The van der Waals surface area contributed by atoms with Crippen LogP contribution >= 0.6 is 11.3 Å². The molecule has 4 aromatic rings. The Hall–Kier alpha value is -2.94. The minimum Gasteiger partial charge on any atom is -0.492 e. The lowest BCUT2D eigenvalue weighted by molar-refractivity contribution is 0.318. The fourth-order valence-corrected chi connectivity index (χ4v) is 5.68. The van der Waals surface area contributed by atoms with E-state index in [4.69, 9.17) is 4.74 Å². The summed E-state index contributed by atoms with van der Waals surface area (Å²) in [7, 11) is -3.73. The number of para-hydroxylation sites is 1. The molecule has 0 saturated heterocycles. The molecule has 0 amide bonds. The van der Waals surface area contributed by atoms with Crippen molar-refractivity contribution >= 4 is 31.6 Å². The summed E-state index contributed by atoms with van der Waals surface area (Å²) in [6.45, 7) is 4.97. The predicted octanol–water partition coefficient (Wildman–Crippen LogP) is 4.59. The molecule has 3 aromatic carbocycles. The number of nitrogens with zero attached hydrogens (tertiary/aromatic N) is 1.